The number of ether oxygens (including phenoxy) is 1. The van der Waals surface area contributed by atoms with Crippen LogP contribution in [-0.2, 0) is 9.84 Å². The van der Waals surface area contributed by atoms with Crippen molar-refractivity contribution in [2.75, 3.05) is 6.61 Å². The number of hydrogen-bond donors (Lipinski definition) is 1. The molecule has 1 aliphatic rings. The number of aromatic hydroxyl groups is 1. The van der Waals surface area contributed by atoms with Crippen molar-refractivity contribution in [2.24, 2.45) is 0 Å². The van der Waals surface area contributed by atoms with Crippen LogP contribution in [0.5, 0.6) is 11.5 Å². The fraction of sp³-hybridized carbons (Fsp3) is 0.0667. The summed E-state index contributed by atoms with van der Waals surface area (Å²) < 4.78 is 43.0. The van der Waals surface area contributed by atoms with Gasteiger partial charge < -0.3 is 9.84 Å². The molecule has 0 atom stereocenters. The smallest absolute Gasteiger partial charge is 0.203 e. The number of halogens is 1. The molecule has 0 aliphatic carbocycles. The minimum atomic E-state index is -3.76. The molecule has 4 nitrogen and oxygen atoms in total. The van der Waals surface area contributed by atoms with Crippen LogP contribution in [-0.4, -0.2) is 20.1 Å². The lowest BCUT2D eigenvalue weighted by Gasteiger charge is -2.08. The van der Waals surface area contributed by atoms with Crippen molar-refractivity contribution in [3.8, 4) is 11.5 Å². The summed E-state index contributed by atoms with van der Waals surface area (Å²) in [6.45, 7) is -0.0286. The van der Waals surface area contributed by atoms with Gasteiger partial charge >= 0.3 is 0 Å². The first-order valence-electron chi connectivity index (χ1n) is 6.14. The Morgan fingerprint density at radius 3 is 2.67 bits per heavy atom. The molecule has 21 heavy (non-hydrogen) atoms. The highest BCUT2D eigenvalue weighted by Crippen LogP contribution is 2.35. The van der Waals surface area contributed by atoms with Gasteiger partial charge in [-0.25, -0.2) is 12.8 Å². The van der Waals surface area contributed by atoms with E-state index in [1.807, 2.05) is 0 Å². The van der Waals surface area contributed by atoms with E-state index in [1.54, 1.807) is 18.2 Å². The normalized spacial score (nSPS) is 15.4. The molecule has 0 saturated carbocycles. The van der Waals surface area contributed by atoms with Crippen LogP contribution in [0.1, 0.15) is 5.56 Å². The van der Waals surface area contributed by atoms with Gasteiger partial charge in [-0.05, 0) is 18.2 Å². The summed E-state index contributed by atoms with van der Waals surface area (Å²) in [6, 6.07) is 10.3. The summed E-state index contributed by atoms with van der Waals surface area (Å²) in [5.41, 5.74) is 0.697. The van der Waals surface area contributed by atoms with Gasteiger partial charge in [0.2, 0.25) is 9.84 Å². The predicted molar refractivity (Wildman–Crippen MR) is 75.2 cm³/mol. The third kappa shape index (κ3) is 2.50. The lowest BCUT2D eigenvalue weighted by Crippen LogP contribution is -2.00. The second-order valence-corrected chi connectivity index (χ2v) is 6.32. The summed E-state index contributed by atoms with van der Waals surface area (Å²) in [5.74, 6) is -0.318. The highest BCUT2D eigenvalue weighted by molar-refractivity contribution is 7.95. The molecule has 0 radical (unpaired) electrons. The van der Waals surface area contributed by atoms with Gasteiger partial charge in [0.1, 0.15) is 28.8 Å². The molecule has 6 heteroatoms. The third-order valence-corrected chi connectivity index (χ3v) is 4.69. The Balaban J connectivity index is 1.90. The van der Waals surface area contributed by atoms with Crippen molar-refractivity contribution in [3.63, 3.8) is 0 Å². The SMILES string of the molecule is O=S1(=O)C=C(COc2cccc(O)c2)c2cccc(F)c21. The molecule has 3 rings (SSSR count). The molecule has 0 bridgehead atoms. The summed E-state index contributed by atoms with van der Waals surface area (Å²) >= 11 is 0. The number of fused-ring (bicyclic) bond motifs is 1. The van der Waals surface area contributed by atoms with Crippen LogP contribution in [0, 0.1) is 5.82 Å². The molecule has 108 valence electrons. The largest absolute Gasteiger partial charge is 0.508 e. The first-order chi connectivity index (χ1) is 9.97. The maximum atomic E-state index is 13.7. The van der Waals surface area contributed by atoms with Crippen molar-refractivity contribution in [3.05, 3.63) is 59.3 Å². The molecule has 1 heterocycles. The van der Waals surface area contributed by atoms with E-state index in [-0.39, 0.29) is 17.3 Å². The average Bonchev–Trinajstić information content (AvgIpc) is 2.69. The molecule has 0 fully saturated rings. The topological polar surface area (TPSA) is 63.6 Å². The number of benzene rings is 2. The maximum Gasteiger partial charge on any atom is 0.203 e. The molecule has 2 aromatic rings. The Kier molecular flexibility index (Phi) is 3.17. The monoisotopic (exact) mass is 306 g/mol. The summed E-state index contributed by atoms with van der Waals surface area (Å²) in [4.78, 5) is -0.306. The molecule has 1 aliphatic heterocycles. The standard InChI is InChI=1S/C15H11FO4S/c16-14-6-2-5-13-10(9-21(18,19)15(13)14)8-20-12-4-1-3-11(17)7-12/h1-7,9,17H,8H2. The van der Waals surface area contributed by atoms with E-state index in [0.29, 0.717) is 16.9 Å². The number of rotatable bonds is 3. The second-order valence-electron chi connectivity index (χ2n) is 4.59. The van der Waals surface area contributed by atoms with Gasteiger partial charge in [0.25, 0.3) is 0 Å². The van der Waals surface area contributed by atoms with Gasteiger partial charge in [0.15, 0.2) is 0 Å². The molecule has 0 unspecified atom stereocenters. The van der Waals surface area contributed by atoms with Crippen LogP contribution in [0.4, 0.5) is 4.39 Å². The fourth-order valence-corrected chi connectivity index (χ4v) is 3.74. The highest BCUT2D eigenvalue weighted by atomic mass is 32.2. The van der Waals surface area contributed by atoms with Crippen LogP contribution in [0.2, 0.25) is 0 Å². The fourth-order valence-electron chi connectivity index (χ4n) is 2.21. The molecule has 0 aromatic heterocycles. The van der Waals surface area contributed by atoms with Crippen molar-refractivity contribution >= 4 is 15.4 Å². The first kappa shape index (κ1) is 13.6. The van der Waals surface area contributed by atoms with E-state index in [2.05, 4.69) is 0 Å². The van der Waals surface area contributed by atoms with Crippen LogP contribution in [0.25, 0.3) is 5.57 Å². The van der Waals surface area contributed by atoms with Gasteiger partial charge in [0, 0.05) is 22.6 Å². The molecule has 0 amide bonds. The Labute approximate surface area is 121 Å². The zero-order chi connectivity index (χ0) is 15.0. The Morgan fingerprint density at radius 1 is 1.14 bits per heavy atom. The summed E-state index contributed by atoms with van der Waals surface area (Å²) in [7, 11) is -3.76. The van der Waals surface area contributed by atoms with Gasteiger partial charge in [0.05, 0.1) is 0 Å². The van der Waals surface area contributed by atoms with E-state index in [0.717, 1.165) is 11.5 Å². The van der Waals surface area contributed by atoms with E-state index in [1.165, 1.54) is 18.2 Å². The van der Waals surface area contributed by atoms with Crippen LogP contribution >= 0.6 is 0 Å². The second kappa shape index (κ2) is 4.89. The number of hydrogen-bond acceptors (Lipinski definition) is 4. The molecule has 1 N–H and O–H groups in total. The summed E-state index contributed by atoms with van der Waals surface area (Å²) in [6.07, 6.45) is 0. The number of sulfone groups is 1. The zero-order valence-corrected chi connectivity index (χ0v) is 11.6. The molecule has 2 aromatic carbocycles. The average molecular weight is 306 g/mol. The van der Waals surface area contributed by atoms with Gasteiger partial charge in [-0.1, -0.05) is 18.2 Å². The number of phenolic OH excluding ortho intramolecular Hbond substituents is 1. The van der Waals surface area contributed by atoms with E-state index < -0.39 is 15.7 Å². The Morgan fingerprint density at radius 2 is 1.90 bits per heavy atom. The Hall–Kier alpha value is -2.34. The van der Waals surface area contributed by atoms with Crippen molar-refractivity contribution in [2.45, 2.75) is 4.90 Å². The lowest BCUT2D eigenvalue weighted by atomic mass is 10.1. The quantitative estimate of drug-likeness (QED) is 0.947. The van der Waals surface area contributed by atoms with E-state index >= 15 is 0 Å². The predicted octanol–water partition coefficient (Wildman–Crippen LogP) is 2.74. The first-order valence-corrected chi connectivity index (χ1v) is 7.68. The molecule has 0 saturated heterocycles. The van der Waals surface area contributed by atoms with Gasteiger partial charge in [-0.2, -0.15) is 0 Å². The van der Waals surface area contributed by atoms with Crippen LogP contribution in [0.3, 0.4) is 0 Å². The summed E-state index contributed by atoms with van der Waals surface area (Å²) in [5, 5.41) is 10.4. The molecule has 0 spiro atoms. The Bertz CT molecular complexity index is 841. The third-order valence-electron chi connectivity index (χ3n) is 3.11. The lowest BCUT2D eigenvalue weighted by molar-refractivity contribution is 0.366. The zero-order valence-electron chi connectivity index (χ0n) is 10.8. The van der Waals surface area contributed by atoms with Crippen molar-refractivity contribution in [1.29, 1.82) is 0 Å². The molecular formula is C15H11FO4S. The maximum absolute atomic E-state index is 13.7. The van der Waals surface area contributed by atoms with Crippen molar-refractivity contribution < 1.29 is 22.7 Å². The minimum Gasteiger partial charge on any atom is -0.508 e. The van der Waals surface area contributed by atoms with E-state index in [9.17, 15) is 17.9 Å². The van der Waals surface area contributed by atoms with Gasteiger partial charge in [-0.15, -0.1) is 0 Å². The van der Waals surface area contributed by atoms with Gasteiger partial charge in [-0.3, -0.25) is 0 Å². The highest BCUT2D eigenvalue weighted by Gasteiger charge is 2.30. The van der Waals surface area contributed by atoms with Crippen LogP contribution in [0.15, 0.2) is 52.8 Å². The minimum absolute atomic E-state index is 0.0286. The molecular weight excluding hydrogens is 295 g/mol. The number of phenols is 1. The van der Waals surface area contributed by atoms with Crippen LogP contribution < -0.4 is 4.74 Å². The van der Waals surface area contributed by atoms with E-state index in [4.69, 9.17) is 4.74 Å². The van der Waals surface area contributed by atoms with Crippen molar-refractivity contribution in [1.82, 2.24) is 0 Å².